The molecule has 0 saturated carbocycles. The van der Waals surface area contributed by atoms with E-state index in [1.165, 1.54) is 6.92 Å². The maximum Gasteiger partial charge on any atom is 0.302 e. The van der Waals surface area contributed by atoms with E-state index in [1.54, 1.807) is 0 Å². The Labute approximate surface area is 81.8 Å². The highest BCUT2D eigenvalue weighted by Gasteiger charge is 2.08. The van der Waals surface area contributed by atoms with Crippen LogP contribution in [0.4, 0.5) is 0 Å². The molecule has 0 aliphatic rings. The predicted molar refractivity (Wildman–Crippen MR) is 54.0 cm³/mol. The molecule has 0 fully saturated rings. The molecule has 0 rings (SSSR count). The van der Waals surface area contributed by atoms with Crippen LogP contribution in [0.5, 0.6) is 0 Å². The van der Waals surface area contributed by atoms with Crippen molar-refractivity contribution in [3.8, 4) is 0 Å². The van der Waals surface area contributed by atoms with Gasteiger partial charge in [0.15, 0.2) is 0 Å². The van der Waals surface area contributed by atoms with E-state index in [9.17, 15) is 4.79 Å². The molecule has 0 aliphatic carbocycles. The van der Waals surface area contributed by atoms with Crippen LogP contribution in [0.25, 0.3) is 0 Å². The van der Waals surface area contributed by atoms with Crippen molar-refractivity contribution < 1.29 is 9.53 Å². The Kier molecular flexibility index (Phi) is 7.01. The third-order valence-corrected chi connectivity index (χ3v) is 2.37. The normalized spacial score (nSPS) is 12.6. The summed E-state index contributed by atoms with van der Waals surface area (Å²) in [6.07, 6.45) is 3.43. The minimum absolute atomic E-state index is 0.132. The number of carbonyl (C=O) groups excluding carboxylic acids is 1. The van der Waals surface area contributed by atoms with E-state index in [1.807, 2.05) is 0 Å². The quantitative estimate of drug-likeness (QED) is 0.436. The minimum Gasteiger partial charge on any atom is -0.462 e. The minimum atomic E-state index is -0.164. The molecule has 66 valence electrons. The smallest absolute Gasteiger partial charge is 0.302 e. The number of halogens is 1. The maximum atomic E-state index is 10.6. The molecule has 2 nitrogen and oxygen atoms in total. The Hall–Kier alpha value is 0.200. The summed E-state index contributed by atoms with van der Waals surface area (Å²) in [4.78, 5) is 10.6. The highest BCUT2D eigenvalue weighted by molar-refractivity contribution is 14.1. The molecule has 0 aromatic heterocycles. The van der Waals surface area contributed by atoms with Crippen LogP contribution in [0.15, 0.2) is 0 Å². The Morgan fingerprint density at radius 3 is 2.64 bits per heavy atom. The van der Waals surface area contributed by atoms with Gasteiger partial charge in [-0.3, -0.25) is 4.79 Å². The summed E-state index contributed by atoms with van der Waals surface area (Å²) < 4.78 is 5.96. The zero-order valence-electron chi connectivity index (χ0n) is 7.10. The monoisotopic (exact) mass is 270 g/mol. The van der Waals surface area contributed by atoms with E-state index >= 15 is 0 Å². The topological polar surface area (TPSA) is 26.3 Å². The first-order valence-corrected chi connectivity index (χ1v) is 5.46. The van der Waals surface area contributed by atoms with Crippen LogP contribution in [0.3, 0.4) is 0 Å². The highest BCUT2D eigenvalue weighted by atomic mass is 127. The van der Waals surface area contributed by atoms with E-state index in [2.05, 4.69) is 29.5 Å². The van der Waals surface area contributed by atoms with Gasteiger partial charge in [-0.1, -0.05) is 42.4 Å². The summed E-state index contributed by atoms with van der Waals surface area (Å²) in [7, 11) is 0. The molecule has 0 unspecified atom stereocenters. The Bertz CT molecular complexity index is 115. The molecule has 0 amide bonds. The zero-order valence-corrected chi connectivity index (χ0v) is 9.26. The lowest BCUT2D eigenvalue weighted by Gasteiger charge is -2.12. The summed E-state index contributed by atoms with van der Waals surface area (Å²) in [5.41, 5.74) is 0. The van der Waals surface area contributed by atoms with E-state index in [4.69, 9.17) is 4.74 Å². The molecular formula is C8H15IO2. The number of rotatable bonds is 5. The van der Waals surface area contributed by atoms with Crippen molar-refractivity contribution in [3.63, 3.8) is 0 Å². The molecule has 0 spiro atoms. The highest BCUT2D eigenvalue weighted by Crippen LogP contribution is 2.07. The van der Waals surface area contributed by atoms with Gasteiger partial charge in [0, 0.05) is 11.4 Å². The summed E-state index contributed by atoms with van der Waals surface area (Å²) in [5, 5.41) is 0. The van der Waals surface area contributed by atoms with Gasteiger partial charge in [0.2, 0.25) is 0 Å². The number of ether oxygens (including phenoxy) is 1. The van der Waals surface area contributed by atoms with Crippen LogP contribution < -0.4 is 0 Å². The van der Waals surface area contributed by atoms with Crippen molar-refractivity contribution in [2.45, 2.75) is 39.2 Å². The second-order valence-electron chi connectivity index (χ2n) is 2.53. The van der Waals surface area contributed by atoms with Crippen molar-refractivity contribution in [1.82, 2.24) is 0 Å². The van der Waals surface area contributed by atoms with Gasteiger partial charge in [0.05, 0.1) is 0 Å². The van der Waals surface area contributed by atoms with Crippen molar-refractivity contribution >= 4 is 28.6 Å². The number of unbranched alkanes of at least 4 members (excludes halogenated alkanes) is 1. The number of esters is 1. The molecule has 0 saturated heterocycles. The lowest BCUT2D eigenvalue weighted by atomic mass is 10.2. The molecular weight excluding hydrogens is 255 g/mol. The van der Waals surface area contributed by atoms with Crippen molar-refractivity contribution in [1.29, 1.82) is 0 Å². The Balaban J connectivity index is 3.49. The number of alkyl halides is 1. The second kappa shape index (κ2) is 6.88. The molecule has 0 bridgehead atoms. The summed E-state index contributed by atoms with van der Waals surface area (Å²) >= 11 is 2.25. The van der Waals surface area contributed by atoms with Crippen LogP contribution in [0.1, 0.15) is 33.1 Å². The Morgan fingerprint density at radius 1 is 1.64 bits per heavy atom. The van der Waals surface area contributed by atoms with E-state index in [-0.39, 0.29) is 12.1 Å². The molecule has 3 heteroatoms. The van der Waals surface area contributed by atoms with Crippen LogP contribution in [-0.2, 0) is 9.53 Å². The van der Waals surface area contributed by atoms with Crippen LogP contribution in [0.2, 0.25) is 0 Å². The van der Waals surface area contributed by atoms with Gasteiger partial charge < -0.3 is 4.74 Å². The summed E-state index contributed by atoms with van der Waals surface area (Å²) in [6, 6.07) is 0. The molecule has 0 aromatic carbocycles. The SMILES string of the molecule is CCCC[C@H](CI)OC(C)=O. The maximum absolute atomic E-state index is 10.6. The lowest BCUT2D eigenvalue weighted by molar-refractivity contribution is -0.145. The largest absolute Gasteiger partial charge is 0.462 e. The predicted octanol–water partition coefficient (Wildman–Crippen LogP) is 2.54. The number of hydrogen-bond acceptors (Lipinski definition) is 2. The zero-order chi connectivity index (χ0) is 8.69. The van der Waals surface area contributed by atoms with Gasteiger partial charge in [-0.05, 0) is 6.42 Å². The van der Waals surface area contributed by atoms with Crippen LogP contribution >= 0.6 is 22.6 Å². The fourth-order valence-corrected chi connectivity index (χ4v) is 1.45. The molecule has 0 aliphatic heterocycles. The van der Waals surface area contributed by atoms with Gasteiger partial charge in [-0.15, -0.1) is 0 Å². The van der Waals surface area contributed by atoms with Crippen molar-refractivity contribution in [3.05, 3.63) is 0 Å². The third kappa shape index (κ3) is 6.59. The standard InChI is InChI=1S/C8H15IO2/c1-3-4-5-8(6-9)11-7(2)10/h8H,3-6H2,1-2H3/t8-/m1/s1. The average Bonchev–Trinajstić information content (AvgIpc) is 1.97. The van der Waals surface area contributed by atoms with Crippen molar-refractivity contribution in [2.24, 2.45) is 0 Å². The van der Waals surface area contributed by atoms with Gasteiger partial charge in [0.1, 0.15) is 6.10 Å². The van der Waals surface area contributed by atoms with Gasteiger partial charge in [-0.2, -0.15) is 0 Å². The van der Waals surface area contributed by atoms with Crippen molar-refractivity contribution in [2.75, 3.05) is 4.43 Å². The fraction of sp³-hybridized carbons (Fsp3) is 0.875. The first-order valence-electron chi connectivity index (χ1n) is 3.93. The molecule has 0 aromatic rings. The molecule has 0 N–H and O–H groups in total. The van der Waals surface area contributed by atoms with Gasteiger partial charge >= 0.3 is 5.97 Å². The Morgan fingerprint density at radius 2 is 2.27 bits per heavy atom. The summed E-state index contributed by atoms with van der Waals surface area (Å²) in [6.45, 7) is 3.60. The van der Waals surface area contributed by atoms with Gasteiger partial charge in [-0.25, -0.2) is 0 Å². The number of carbonyl (C=O) groups is 1. The average molecular weight is 270 g/mol. The van der Waals surface area contributed by atoms with Gasteiger partial charge in [0.25, 0.3) is 0 Å². The molecule has 0 heterocycles. The third-order valence-electron chi connectivity index (χ3n) is 1.38. The second-order valence-corrected chi connectivity index (χ2v) is 3.41. The molecule has 0 radical (unpaired) electrons. The molecule has 11 heavy (non-hydrogen) atoms. The van der Waals surface area contributed by atoms with E-state index in [0.29, 0.717) is 0 Å². The van der Waals surface area contributed by atoms with E-state index < -0.39 is 0 Å². The lowest BCUT2D eigenvalue weighted by Crippen LogP contribution is -2.17. The van der Waals surface area contributed by atoms with Crippen LogP contribution in [0, 0.1) is 0 Å². The van der Waals surface area contributed by atoms with Crippen LogP contribution in [-0.4, -0.2) is 16.5 Å². The fourth-order valence-electron chi connectivity index (χ4n) is 0.834. The van der Waals surface area contributed by atoms with E-state index in [0.717, 1.165) is 23.7 Å². The molecule has 1 atom stereocenters. The summed E-state index contributed by atoms with van der Waals surface area (Å²) in [5.74, 6) is -0.164. The first-order chi connectivity index (χ1) is 5.20. The number of hydrogen-bond donors (Lipinski definition) is 0. The first kappa shape index (κ1) is 11.2.